The van der Waals surface area contributed by atoms with Gasteiger partial charge in [-0.25, -0.2) is 0 Å². The SMILES string of the molecule is Cc1ccc(/C=C(/NC(=O)c2ccccc2)C(=O)NCc2ccc(C)cc2)cc1. The second-order valence-corrected chi connectivity index (χ2v) is 6.96. The normalized spacial score (nSPS) is 11.0. The summed E-state index contributed by atoms with van der Waals surface area (Å²) in [6.07, 6.45) is 1.69. The van der Waals surface area contributed by atoms with E-state index in [0.717, 1.165) is 22.3 Å². The van der Waals surface area contributed by atoms with E-state index in [4.69, 9.17) is 0 Å². The Bertz CT molecular complexity index is 1000. The van der Waals surface area contributed by atoms with Crippen LogP contribution in [0.4, 0.5) is 0 Å². The molecule has 0 aliphatic heterocycles. The van der Waals surface area contributed by atoms with Crippen LogP contribution in [0.25, 0.3) is 6.08 Å². The number of amides is 2. The van der Waals surface area contributed by atoms with Gasteiger partial charge in [0.15, 0.2) is 0 Å². The Labute approximate surface area is 171 Å². The van der Waals surface area contributed by atoms with Crippen molar-refractivity contribution in [2.75, 3.05) is 0 Å². The van der Waals surface area contributed by atoms with Gasteiger partial charge in [-0.2, -0.15) is 0 Å². The predicted molar refractivity (Wildman–Crippen MR) is 116 cm³/mol. The third-order valence-electron chi connectivity index (χ3n) is 4.49. The smallest absolute Gasteiger partial charge is 0.268 e. The van der Waals surface area contributed by atoms with Gasteiger partial charge in [0.05, 0.1) is 0 Å². The summed E-state index contributed by atoms with van der Waals surface area (Å²) in [5.74, 6) is -0.662. The quantitative estimate of drug-likeness (QED) is 0.619. The summed E-state index contributed by atoms with van der Waals surface area (Å²) in [6, 6.07) is 24.5. The molecule has 0 atom stereocenters. The van der Waals surface area contributed by atoms with Gasteiger partial charge in [0.25, 0.3) is 11.8 Å². The maximum Gasteiger partial charge on any atom is 0.268 e. The van der Waals surface area contributed by atoms with Crippen LogP contribution in [0.5, 0.6) is 0 Å². The molecule has 4 nitrogen and oxygen atoms in total. The van der Waals surface area contributed by atoms with E-state index in [2.05, 4.69) is 10.6 Å². The highest BCUT2D eigenvalue weighted by molar-refractivity contribution is 6.05. The van der Waals surface area contributed by atoms with Crippen LogP contribution in [0.1, 0.15) is 32.6 Å². The molecule has 0 saturated heterocycles. The van der Waals surface area contributed by atoms with Crippen LogP contribution < -0.4 is 10.6 Å². The van der Waals surface area contributed by atoms with Gasteiger partial charge in [0.2, 0.25) is 0 Å². The van der Waals surface area contributed by atoms with Crippen molar-refractivity contribution in [1.29, 1.82) is 0 Å². The number of nitrogens with one attached hydrogen (secondary N) is 2. The predicted octanol–water partition coefficient (Wildman–Crippen LogP) is 4.39. The van der Waals surface area contributed by atoms with Crippen molar-refractivity contribution in [3.63, 3.8) is 0 Å². The minimum Gasteiger partial charge on any atom is -0.347 e. The Morgan fingerprint density at radius 3 is 2.00 bits per heavy atom. The molecule has 0 aliphatic carbocycles. The lowest BCUT2D eigenvalue weighted by molar-refractivity contribution is -0.117. The molecule has 0 bridgehead atoms. The summed E-state index contributed by atoms with van der Waals surface area (Å²) in [6.45, 7) is 4.40. The van der Waals surface area contributed by atoms with Crippen molar-refractivity contribution in [2.24, 2.45) is 0 Å². The van der Waals surface area contributed by atoms with E-state index in [-0.39, 0.29) is 17.5 Å². The third-order valence-corrected chi connectivity index (χ3v) is 4.49. The van der Waals surface area contributed by atoms with Gasteiger partial charge in [-0.1, -0.05) is 77.9 Å². The summed E-state index contributed by atoms with van der Waals surface area (Å²) in [5.41, 5.74) is 4.82. The fourth-order valence-corrected chi connectivity index (χ4v) is 2.76. The topological polar surface area (TPSA) is 58.2 Å². The number of aryl methyl sites for hydroxylation is 2. The maximum absolute atomic E-state index is 12.8. The Balaban J connectivity index is 1.79. The van der Waals surface area contributed by atoms with Crippen LogP contribution in [0.3, 0.4) is 0 Å². The lowest BCUT2D eigenvalue weighted by Crippen LogP contribution is -2.34. The summed E-state index contributed by atoms with van der Waals surface area (Å²) in [7, 11) is 0. The maximum atomic E-state index is 12.8. The number of benzene rings is 3. The number of hydrogen-bond donors (Lipinski definition) is 2. The first-order valence-corrected chi connectivity index (χ1v) is 9.50. The van der Waals surface area contributed by atoms with E-state index in [1.165, 1.54) is 0 Å². The molecule has 146 valence electrons. The van der Waals surface area contributed by atoms with Crippen molar-refractivity contribution in [3.8, 4) is 0 Å². The zero-order chi connectivity index (χ0) is 20.6. The molecule has 0 spiro atoms. The molecule has 3 aromatic rings. The number of hydrogen-bond acceptors (Lipinski definition) is 2. The fraction of sp³-hybridized carbons (Fsp3) is 0.120. The Morgan fingerprint density at radius 2 is 1.38 bits per heavy atom. The average molecular weight is 384 g/mol. The molecule has 0 heterocycles. The highest BCUT2D eigenvalue weighted by Crippen LogP contribution is 2.10. The van der Waals surface area contributed by atoms with Crippen LogP contribution in [-0.4, -0.2) is 11.8 Å². The van der Waals surface area contributed by atoms with Crippen LogP contribution in [0, 0.1) is 13.8 Å². The van der Waals surface area contributed by atoms with Gasteiger partial charge in [-0.05, 0) is 43.2 Å². The lowest BCUT2D eigenvalue weighted by Gasteiger charge is -2.12. The summed E-state index contributed by atoms with van der Waals surface area (Å²) < 4.78 is 0. The van der Waals surface area contributed by atoms with E-state index in [1.54, 1.807) is 30.3 Å². The Kier molecular flexibility index (Phi) is 6.59. The first kappa shape index (κ1) is 20.1. The highest BCUT2D eigenvalue weighted by Gasteiger charge is 2.14. The second-order valence-electron chi connectivity index (χ2n) is 6.96. The third kappa shape index (κ3) is 5.91. The minimum atomic E-state index is -0.338. The van der Waals surface area contributed by atoms with E-state index >= 15 is 0 Å². The van der Waals surface area contributed by atoms with Gasteiger partial charge in [-0.15, -0.1) is 0 Å². The molecule has 29 heavy (non-hydrogen) atoms. The molecule has 0 radical (unpaired) electrons. The van der Waals surface area contributed by atoms with E-state index in [1.807, 2.05) is 68.4 Å². The molecule has 3 aromatic carbocycles. The molecule has 0 saturated carbocycles. The van der Waals surface area contributed by atoms with Gasteiger partial charge in [0.1, 0.15) is 5.70 Å². The number of carbonyl (C=O) groups excluding carboxylic acids is 2. The van der Waals surface area contributed by atoms with Crippen LogP contribution in [0.15, 0.2) is 84.6 Å². The lowest BCUT2D eigenvalue weighted by atomic mass is 10.1. The molecule has 3 rings (SSSR count). The van der Waals surface area contributed by atoms with Crippen molar-refractivity contribution in [2.45, 2.75) is 20.4 Å². The van der Waals surface area contributed by atoms with Gasteiger partial charge in [-0.3, -0.25) is 9.59 Å². The van der Waals surface area contributed by atoms with Crippen LogP contribution in [-0.2, 0) is 11.3 Å². The van der Waals surface area contributed by atoms with Crippen molar-refractivity contribution < 1.29 is 9.59 Å². The molecule has 0 aliphatic rings. The zero-order valence-corrected chi connectivity index (χ0v) is 16.6. The monoisotopic (exact) mass is 384 g/mol. The Morgan fingerprint density at radius 1 is 0.793 bits per heavy atom. The Hall–Kier alpha value is -3.66. The number of rotatable bonds is 6. The fourth-order valence-electron chi connectivity index (χ4n) is 2.76. The minimum absolute atomic E-state index is 0.204. The molecule has 4 heteroatoms. The van der Waals surface area contributed by atoms with Crippen LogP contribution in [0.2, 0.25) is 0 Å². The second kappa shape index (κ2) is 9.51. The van der Waals surface area contributed by atoms with E-state index in [9.17, 15) is 9.59 Å². The van der Waals surface area contributed by atoms with Crippen molar-refractivity contribution >= 4 is 17.9 Å². The molecule has 0 aromatic heterocycles. The molecular formula is C25H24N2O2. The molecule has 2 amide bonds. The van der Waals surface area contributed by atoms with E-state index in [0.29, 0.717) is 12.1 Å². The summed E-state index contributed by atoms with van der Waals surface area (Å²) in [5, 5.41) is 5.64. The molecule has 0 unspecified atom stereocenters. The van der Waals surface area contributed by atoms with Crippen molar-refractivity contribution in [1.82, 2.24) is 10.6 Å². The largest absolute Gasteiger partial charge is 0.347 e. The van der Waals surface area contributed by atoms with Gasteiger partial charge < -0.3 is 10.6 Å². The first-order chi connectivity index (χ1) is 14.0. The van der Waals surface area contributed by atoms with Crippen LogP contribution >= 0.6 is 0 Å². The molecular weight excluding hydrogens is 360 g/mol. The molecule has 0 fully saturated rings. The highest BCUT2D eigenvalue weighted by atomic mass is 16.2. The van der Waals surface area contributed by atoms with Gasteiger partial charge in [0, 0.05) is 12.1 Å². The average Bonchev–Trinajstić information content (AvgIpc) is 2.74. The summed E-state index contributed by atoms with van der Waals surface area (Å²) >= 11 is 0. The summed E-state index contributed by atoms with van der Waals surface area (Å²) in [4.78, 5) is 25.4. The molecule has 2 N–H and O–H groups in total. The number of carbonyl (C=O) groups is 2. The van der Waals surface area contributed by atoms with Crippen molar-refractivity contribution in [3.05, 3.63) is 112 Å². The van der Waals surface area contributed by atoms with E-state index < -0.39 is 0 Å². The van der Waals surface area contributed by atoms with Gasteiger partial charge >= 0.3 is 0 Å². The first-order valence-electron chi connectivity index (χ1n) is 9.50. The zero-order valence-electron chi connectivity index (χ0n) is 16.6. The standard InChI is InChI=1S/C25H24N2O2/c1-18-8-12-20(13-9-18)16-23(27-24(28)22-6-4-3-5-7-22)25(29)26-17-21-14-10-19(2)11-15-21/h3-16H,17H2,1-2H3,(H,26,29)(H,27,28)/b23-16+.